The molecule has 0 amide bonds. The van der Waals surface area contributed by atoms with Crippen molar-refractivity contribution in [3.8, 4) is 17.1 Å². The molecule has 0 aliphatic heterocycles. The number of aromatic nitrogens is 4. The van der Waals surface area contributed by atoms with Crippen LogP contribution < -0.4 is 4.74 Å². The second-order valence-corrected chi connectivity index (χ2v) is 4.57. The van der Waals surface area contributed by atoms with Crippen LogP contribution in [0.25, 0.3) is 11.4 Å². The van der Waals surface area contributed by atoms with Crippen molar-refractivity contribution in [3.05, 3.63) is 24.3 Å². The van der Waals surface area contributed by atoms with E-state index in [0.717, 1.165) is 24.2 Å². The summed E-state index contributed by atoms with van der Waals surface area (Å²) < 4.78 is 10.8. The van der Waals surface area contributed by atoms with Gasteiger partial charge in [0.1, 0.15) is 5.75 Å². The van der Waals surface area contributed by atoms with E-state index < -0.39 is 0 Å². The van der Waals surface area contributed by atoms with Crippen LogP contribution >= 0.6 is 0 Å². The minimum Gasteiger partial charge on any atom is -0.497 e. The first-order valence-corrected chi connectivity index (χ1v) is 6.39. The minimum atomic E-state index is 0.363. The van der Waals surface area contributed by atoms with E-state index in [2.05, 4.69) is 15.4 Å². The molecule has 6 nitrogen and oxygen atoms in total. The zero-order valence-corrected chi connectivity index (χ0v) is 10.8. The number of rotatable bonds is 5. The van der Waals surface area contributed by atoms with Crippen LogP contribution in [-0.4, -0.2) is 33.4 Å². The largest absolute Gasteiger partial charge is 0.497 e. The van der Waals surface area contributed by atoms with Crippen LogP contribution in [0.15, 0.2) is 24.3 Å². The molecule has 0 unspecified atom stereocenters. The van der Waals surface area contributed by atoms with E-state index in [1.54, 1.807) is 7.11 Å². The van der Waals surface area contributed by atoms with Crippen LogP contribution in [0.3, 0.4) is 0 Å². The fraction of sp³-hybridized carbons (Fsp3) is 0.462. The van der Waals surface area contributed by atoms with Gasteiger partial charge in [-0.05, 0) is 36.6 Å². The van der Waals surface area contributed by atoms with Gasteiger partial charge in [0.25, 0.3) is 0 Å². The van der Waals surface area contributed by atoms with Gasteiger partial charge >= 0.3 is 0 Å². The molecule has 1 aliphatic rings. The molecule has 1 saturated carbocycles. The van der Waals surface area contributed by atoms with Crippen LogP contribution in [0, 0.1) is 0 Å². The van der Waals surface area contributed by atoms with Gasteiger partial charge in [-0.25, -0.2) is 0 Å². The van der Waals surface area contributed by atoms with Gasteiger partial charge < -0.3 is 9.47 Å². The van der Waals surface area contributed by atoms with Gasteiger partial charge in [0.05, 0.1) is 13.2 Å². The molecule has 1 aromatic heterocycles. The molecular weight excluding hydrogens is 244 g/mol. The lowest BCUT2D eigenvalue weighted by Gasteiger charge is -2.24. The quantitative estimate of drug-likeness (QED) is 0.821. The fourth-order valence-electron chi connectivity index (χ4n) is 1.89. The van der Waals surface area contributed by atoms with Crippen LogP contribution in [0.1, 0.15) is 19.3 Å². The van der Waals surface area contributed by atoms with Crippen molar-refractivity contribution < 1.29 is 9.47 Å². The molecule has 2 aromatic rings. The molecule has 1 heterocycles. The summed E-state index contributed by atoms with van der Waals surface area (Å²) >= 11 is 0. The van der Waals surface area contributed by atoms with Gasteiger partial charge in [-0.2, -0.15) is 0 Å². The average molecular weight is 260 g/mol. The Morgan fingerprint density at radius 2 is 2.26 bits per heavy atom. The highest BCUT2D eigenvalue weighted by Gasteiger charge is 2.18. The maximum atomic E-state index is 5.63. The van der Waals surface area contributed by atoms with Gasteiger partial charge in [0.2, 0.25) is 5.82 Å². The zero-order chi connectivity index (χ0) is 13.1. The first-order chi connectivity index (χ1) is 9.35. The molecule has 100 valence electrons. The van der Waals surface area contributed by atoms with Crippen molar-refractivity contribution in [1.29, 1.82) is 0 Å². The first-order valence-electron chi connectivity index (χ1n) is 6.39. The number of tetrazole rings is 1. The lowest BCUT2D eigenvalue weighted by Crippen LogP contribution is -2.23. The predicted molar refractivity (Wildman–Crippen MR) is 68.5 cm³/mol. The zero-order valence-electron chi connectivity index (χ0n) is 10.8. The molecule has 19 heavy (non-hydrogen) atoms. The smallest absolute Gasteiger partial charge is 0.205 e. The van der Waals surface area contributed by atoms with Crippen molar-refractivity contribution in [2.45, 2.75) is 32.1 Å². The van der Waals surface area contributed by atoms with Crippen LogP contribution in [0.2, 0.25) is 0 Å². The standard InChI is InChI=1S/C13H16N4O2/c1-18-12-7-2-4-10(8-12)13-14-16-17(15-13)9-19-11-5-3-6-11/h2,4,7-8,11H,3,5-6,9H2,1H3. The maximum Gasteiger partial charge on any atom is 0.205 e. The lowest BCUT2D eigenvalue weighted by molar-refractivity contribution is -0.0456. The molecule has 0 saturated heterocycles. The SMILES string of the molecule is COc1cccc(-c2nnn(COC3CCC3)n2)c1. The summed E-state index contributed by atoms with van der Waals surface area (Å²) in [4.78, 5) is 1.48. The van der Waals surface area contributed by atoms with E-state index >= 15 is 0 Å². The van der Waals surface area contributed by atoms with Crippen molar-refractivity contribution in [2.75, 3.05) is 7.11 Å². The summed E-state index contributed by atoms with van der Waals surface area (Å²) in [6.45, 7) is 0.363. The third kappa shape index (κ3) is 2.73. The third-order valence-corrected chi connectivity index (χ3v) is 3.26. The second-order valence-electron chi connectivity index (χ2n) is 4.57. The van der Waals surface area contributed by atoms with Gasteiger partial charge in [0, 0.05) is 5.56 Å². The molecule has 6 heteroatoms. The minimum absolute atomic E-state index is 0.363. The molecule has 3 rings (SSSR count). The molecule has 0 bridgehead atoms. The Labute approximate surface area is 111 Å². The molecule has 0 atom stereocenters. The van der Waals surface area contributed by atoms with E-state index in [9.17, 15) is 0 Å². The topological polar surface area (TPSA) is 62.1 Å². The van der Waals surface area contributed by atoms with E-state index in [0.29, 0.717) is 18.7 Å². The normalized spacial score (nSPS) is 15.2. The predicted octanol–water partition coefficient (Wildman–Crippen LogP) is 1.88. The molecular formula is C13H16N4O2. The van der Waals surface area contributed by atoms with Crippen molar-refractivity contribution in [1.82, 2.24) is 20.2 Å². The van der Waals surface area contributed by atoms with E-state index in [1.165, 1.54) is 11.2 Å². The Kier molecular flexibility index (Phi) is 3.41. The highest BCUT2D eigenvalue weighted by atomic mass is 16.5. The summed E-state index contributed by atoms with van der Waals surface area (Å²) in [5.41, 5.74) is 0.884. The van der Waals surface area contributed by atoms with Crippen LogP contribution in [0.5, 0.6) is 5.75 Å². The number of hydrogen-bond donors (Lipinski definition) is 0. The number of nitrogens with zero attached hydrogens (tertiary/aromatic N) is 4. The van der Waals surface area contributed by atoms with E-state index in [1.807, 2.05) is 24.3 Å². The van der Waals surface area contributed by atoms with Gasteiger partial charge in [0.15, 0.2) is 6.73 Å². The fourth-order valence-corrected chi connectivity index (χ4v) is 1.89. The van der Waals surface area contributed by atoms with E-state index in [4.69, 9.17) is 9.47 Å². The van der Waals surface area contributed by atoms with Crippen LogP contribution in [-0.2, 0) is 11.5 Å². The highest BCUT2D eigenvalue weighted by molar-refractivity contribution is 5.56. The average Bonchev–Trinajstić information content (AvgIpc) is 2.86. The summed E-state index contributed by atoms with van der Waals surface area (Å²) in [7, 11) is 1.63. The number of methoxy groups -OCH3 is 1. The third-order valence-electron chi connectivity index (χ3n) is 3.26. The van der Waals surface area contributed by atoms with Crippen molar-refractivity contribution in [3.63, 3.8) is 0 Å². The maximum absolute atomic E-state index is 5.63. The van der Waals surface area contributed by atoms with Crippen molar-refractivity contribution >= 4 is 0 Å². The molecule has 1 fully saturated rings. The Bertz CT molecular complexity index is 551. The second kappa shape index (κ2) is 5.36. The molecule has 1 aliphatic carbocycles. The summed E-state index contributed by atoms with van der Waals surface area (Å²) in [6, 6.07) is 7.60. The molecule has 0 N–H and O–H groups in total. The van der Waals surface area contributed by atoms with E-state index in [-0.39, 0.29) is 0 Å². The monoisotopic (exact) mass is 260 g/mol. The molecule has 1 aromatic carbocycles. The lowest BCUT2D eigenvalue weighted by atomic mass is 9.96. The Morgan fingerprint density at radius 1 is 1.37 bits per heavy atom. The Balaban J connectivity index is 1.68. The summed E-state index contributed by atoms with van der Waals surface area (Å²) in [5, 5.41) is 12.3. The van der Waals surface area contributed by atoms with Gasteiger partial charge in [-0.15, -0.1) is 15.0 Å². The van der Waals surface area contributed by atoms with Gasteiger partial charge in [-0.1, -0.05) is 12.1 Å². The molecule has 0 spiro atoms. The highest BCUT2D eigenvalue weighted by Crippen LogP contribution is 2.22. The summed E-state index contributed by atoms with van der Waals surface area (Å²) in [5.74, 6) is 1.36. The molecule has 0 radical (unpaired) electrons. The first kappa shape index (κ1) is 12.1. The number of hydrogen-bond acceptors (Lipinski definition) is 5. The van der Waals surface area contributed by atoms with Crippen molar-refractivity contribution in [2.24, 2.45) is 0 Å². The van der Waals surface area contributed by atoms with Crippen LogP contribution in [0.4, 0.5) is 0 Å². The number of ether oxygens (including phenoxy) is 2. The Hall–Kier alpha value is -1.95. The van der Waals surface area contributed by atoms with Gasteiger partial charge in [-0.3, -0.25) is 0 Å². The Morgan fingerprint density at radius 3 is 3.00 bits per heavy atom. The summed E-state index contributed by atoms with van der Waals surface area (Å²) in [6.07, 6.45) is 3.89. The number of benzene rings is 1.